The van der Waals surface area contributed by atoms with Crippen molar-refractivity contribution in [1.29, 1.82) is 0 Å². The van der Waals surface area contributed by atoms with Gasteiger partial charge in [0.1, 0.15) is 0 Å². The van der Waals surface area contributed by atoms with Crippen LogP contribution in [0.5, 0.6) is 0 Å². The first kappa shape index (κ1) is 26.0. The van der Waals surface area contributed by atoms with Crippen molar-refractivity contribution in [3.8, 4) is 0 Å². The summed E-state index contributed by atoms with van der Waals surface area (Å²) >= 11 is 0. The molecule has 0 amide bonds. The molecule has 0 saturated carbocycles. The summed E-state index contributed by atoms with van der Waals surface area (Å²) in [6.07, 6.45) is 35.4. The van der Waals surface area contributed by atoms with E-state index < -0.39 is 0 Å². The van der Waals surface area contributed by atoms with E-state index in [0.717, 1.165) is 11.8 Å². The Morgan fingerprint density at radius 1 is 0.467 bits per heavy atom. The lowest BCUT2D eigenvalue weighted by Gasteiger charge is -2.25. The third-order valence-corrected chi connectivity index (χ3v) is 8.19. The molecule has 0 saturated heterocycles. The number of hydrogen-bond acceptors (Lipinski definition) is 0. The minimum Gasteiger partial charge on any atom is -0.0676 e. The maximum Gasteiger partial charge on any atom is -0.0200 e. The molecule has 0 spiro atoms. The number of rotatable bonds is 7. The van der Waals surface area contributed by atoms with Gasteiger partial charge in [0.2, 0.25) is 0 Å². The molecular formula is C30H56. The van der Waals surface area contributed by atoms with Crippen LogP contribution >= 0.6 is 0 Å². The molecule has 0 bridgehead atoms. The Bertz CT molecular complexity index is 431. The molecule has 30 heavy (non-hydrogen) atoms. The molecule has 0 fully saturated rings. The van der Waals surface area contributed by atoms with Gasteiger partial charge in [-0.2, -0.15) is 0 Å². The SMILES string of the molecule is CCCCCCC1CCCCCCCCCCCCCCC(CCC)C2=C1CCC2. The van der Waals surface area contributed by atoms with E-state index >= 15 is 0 Å². The molecule has 0 heteroatoms. The predicted molar refractivity (Wildman–Crippen MR) is 136 cm³/mol. The van der Waals surface area contributed by atoms with Gasteiger partial charge in [-0.05, 0) is 56.8 Å². The Balaban J connectivity index is 2.04. The van der Waals surface area contributed by atoms with E-state index in [2.05, 4.69) is 13.8 Å². The van der Waals surface area contributed by atoms with Crippen LogP contribution in [0, 0.1) is 11.8 Å². The van der Waals surface area contributed by atoms with Crippen molar-refractivity contribution in [3.05, 3.63) is 11.1 Å². The Morgan fingerprint density at radius 3 is 1.40 bits per heavy atom. The van der Waals surface area contributed by atoms with Crippen LogP contribution in [-0.4, -0.2) is 0 Å². The van der Waals surface area contributed by atoms with Crippen molar-refractivity contribution in [1.82, 2.24) is 0 Å². The molecular weight excluding hydrogens is 360 g/mol. The number of hydrogen-bond donors (Lipinski definition) is 0. The highest BCUT2D eigenvalue weighted by Crippen LogP contribution is 2.42. The maximum absolute atomic E-state index is 2.42. The molecule has 0 heterocycles. The van der Waals surface area contributed by atoms with Crippen molar-refractivity contribution in [2.24, 2.45) is 11.8 Å². The Hall–Kier alpha value is -0.260. The molecule has 0 nitrogen and oxygen atoms in total. The monoisotopic (exact) mass is 416 g/mol. The summed E-state index contributed by atoms with van der Waals surface area (Å²) in [6.45, 7) is 4.77. The molecule has 2 unspecified atom stereocenters. The summed E-state index contributed by atoms with van der Waals surface area (Å²) < 4.78 is 0. The lowest BCUT2D eigenvalue weighted by Crippen LogP contribution is -2.11. The number of allylic oxidation sites excluding steroid dienone is 2. The first-order valence-corrected chi connectivity index (χ1v) is 14.6. The van der Waals surface area contributed by atoms with Gasteiger partial charge < -0.3 is 0 Å². The van der Waals surface area contributed by atoms with Gasteiger partial charge in [0, 0.05) is 0 Å². The Kier molecular flexibility index (Phi) is 15.0. The fourth-order valence-electron chi connectivity index (χ4n) is 6.42. The molecule has 0 aromatic carbocycles. The fraction of sp³-hybridized carbons (Fsp3) is 0.933. The average molecular weight is 417 g/mol. The van der Waals surface area contributed by atoms with Crippen LogP contribution in [0.15, 0.2) is 11.1 Å². The standard InChI is InChI=1S/C30H56/c1-3-5-6-17-23-28-24-19-16-14-12-10-8-7-9-11-13-15-18-22-27(21-4-2)29-25-20-26-30(28)29/h27-28H,3-26H2,1-2H3. The van der Waals surface area contributed by atoms with Gasteiger partial charge in [-0.15, -0.1) is 0 Å². The van der Waals surface area contributed by atoms with Crippen LogP contribution in [0.2, 0.25) is 0 Å². The minimum absolute atomic E-state index is 0.935. The zero-order valence-corrected chi connectivity index (χ0v) is 21.1. The van der Waals surface area contributed by atoms with Crippen molar-refractivity contribution in [2.45, 2.75) is 168 Å². The molecule has 0 aromatic heterocycles. The van der Waals surface area contributed by atoms with E-state index in [-0.39, 0.29) is 0 Å². The highest BCUT2D eigenvalue weighted by Gasteiger charge is 2.26. The third-order valence-electron chi connectivity index (χ3n) is 8.19. The van der Waals surface area contributed by atoms with Gasteiger partial charge in [-0.3, -0.25) is 0 Å². The molecule has 2 rings (SSSR count). The van der Waals surface area contributed by atoms with Gasteiger partial charge in [-0.1, -0.05) is 134 Å². The first-order chi connectivity index (χ1) is 14.9. The van der Waals surface area contributed by atoms with E-state index in [0.29, 0.717) is 0 Å². The summed E-state index contributed by atoms with van der Waals surface area (Å²) in [6, 6.07) is 0. The topological polar surface area (TPSA) is 0 Å². The minimum atomic E-state index is 0.935. The largest absolute Gasteiger partial charge is 0.0676 e. The molecule has 2 aliphatic carbocycles. The van der Waals surface area contributed by atoms with Crippen molar-refractivity contribution < 1.29 is 0 Å². The van der Waals surface area contributed by atoms with E-state index in [4.69, 9.17) is 0 Å². The third kappa shape index (κ3) is 10.4. The lowest BCUT2D eigenvalue weighted by atomic mass is 9.80. The van der Waals surface area contributed by atoms with Crippen LogP contribution < -0.4 is 0 Å². The van der Waals surface area contributed by atoms with Crippen LogP contribution in [0.25, 0.3) is 0 Å². The molecule has 2 atom stereocenters. The summed E-state index contributed by atoms with van der Waals surface area (Å²) in [5.74, 6) is 1.88. The highest BCUT2D eigenvalue weighted by atomic mass is 14.3. The normalized spacial score (nSPS) is 26.2. The van der Waals surface area contributed by atoms with Gasteiger partial charge in [0.05, 0.1) is 0 Å². The zero-order chi connectivity index (χ0) is 21.3. The second-order valence-electron chi connectivity index (χ2n) is 10.8. The summed E-state index contributed by atoms with van der Waals surface area (Å²) in [5, 5.41) is 0. The molecule has 2 aliphatic rings. The zero-order valence-electron chi connectivity index (χ0n) is 21.1. The van der Waals surface area contributed by atoms with Gasteiger partial charge in [-0.25, -0.2) is 0 Å². The van der Waals surface area contributed by atoms with E-state index in [1.165, 1.54) is 154 Å². The highest BCUT2D eigenvalue weighted by molar-refractivity contribution is 5.24. The Labute approximate surface area is 191 Å². The second-order valence-corrected chi connectivity index (χ2v) is 10.8. The number of unbranched alkanes of at least 4 members (excludes halogenated alkanes) is 3. The summed E-state index contributed by atoms with van der Waals surface area (Å²) in [4.78, 5) is 0. The lowest BCUT2D eigenvalue weighted by molar-refractivity contribution is 0.425. The molecule has 0 aliphatic heterocycles. The second kappa shape index (κ2) is 17.3. The van der Waals surface area contributed by atoms with Crippen LogP contribution in [0.1, 0.15) is 168 Å². The molecule has 0 aromatic rings. The molecule has 0 radical (unpaired) electrons. The fourth-order valence-corrected chi connectivity index (χ4v) is 6.42. The Morgan fingerprint density at radius 2 is 0.933 bits per heavy atom. The van der Waals surface area contributed by atoms with Crippen molar-refractivity contribution in [2.75, 3.05) is 0 Å². The summed E-state index contributed by atoms with van der Waals surface area (Å²) in [5.41, 5.74) is 3.98. The average Bonchev–Trinajstić information content (AvgIpc) is 3.23. The van der Waals surface area contributed by atoms with E-state index in [1.54, 1.807) is 0 Å². The first-order valence-electron chi connectivity index (χ1n) is 14.6. The van der Waals surface area contributed by atoms with Crippen molar-refractivity contribution >= 4 is 0 Å². The predicted octanol–water partition coefficient (Wildman–Crippen LogP) is 10.9. The van der Waals surface area contributed by atoms with Gasteiger partial charge in [0.25, 0.3) is 0 Å². The molecule has 0 N–H and O–H groups in total. The smallest absolute Gasteiger partial charge is 0.0200 e. The van der Waals surface area contributed by atoms with Gasteiger partial charge in [0.15, 0.2) is 0 Å². The van der Waals surface area contributed by atoms with Crippen LogP contribution in [0.3, 0.4) is 0 Å². The van der Waals surface area contributed by atoms with Crippen LogP contribution in [-0.2, 0) is 0 Å². The quantitative estimate of drug-likeness (QED) is 0.286. The van der Waals surface area contributed by atoms with Crippen LogP contribution in [0.4, 0.5) is 0 Å². The van der Waals surface area contributed by atoms with E-state index in [9.17, 15) is 0 Å². The maximum atomic E-state index is 2.42. The molecule has 176 valence electrons. The van der Waals surface area contributed by atoms with Gasteiger partial charge >= 0.3 is 0 Å². The van der Waals surface area contributed by atoms with E-state index in [1.807, 2.05) is 11.1 Å². The van der Waals surface area contributed by atoms with Crippen molar-refractivity contribution in [3.63, 3.8) is 0 Å². The summed E-state index contributed by atoms with van der Waals surface area (Å²) in [7, 11) is 0.